The van der Waals surface area contributed by atoms with Crippen LogP contribution in [-0.4, -0.2) is 59.9 Å². The third-order valence-corrected chi connectivity index (χ3v) is 6.07. The SMILES string of the molecule is Cn1cnc(C(=O)N2CCCC3(C2)Cn2nnc(CNC(=O)c4ccccc4)c2CO3)c1. The summed E-state index contributed by atoms with van der Waals surface area (Å²) < 4.78 is 9.93. The highest BCUT2D eigenvalue weighted by Gasteiger charge is 2.42. The first-order valence-corrected chi connectivity index (χ1v) is 10.7. The lowest BCUT2D eigenvalue weighted by atomic mass is 9.91. The quantitative estimate of drug-likeness (QED) is 0.659. The van der Waals surface area contributed by atoms with Crippen LogP contribution in [0, 0.1) is 0 Å². The van der Waals surface area contributed by atoms with E-state index in [1.165, 1.54) is 0 Å². The maximum absolute atomic E-state index is 12.9. The van der Waals surface area contributed by atoms with Gasteiger partial charge >= 0.3 is 0 Å². The van der Waals surface area contributed by atoms with E-state index in [9.17, 15) is 9.59 Å². The molecule has 32 heavy (non-hydrogen) atoms. The molecule has 10 heteroatoms. The zero-order valence-electron chi connectivity index (χ0n) is 17.9. The number of rotatable bonds is 4. The van der Waals surface area contributed by atoms with E-state index in [2.05, 4.69) is 20.6 Å². The molecule has 0 saturated carbocycles. The van der Waals surface area contributed by atoms with Crippen molar-refractivity contribution in [2.45, 2.75) is 38.1 Å². The molecule has 1 N–H and O–H groups in total. The van der Waals surface area contributed by atoms with Gasteiger partial charge in [0, 0.05) is 25.4 Å². The summed E-state index contributed by atoms with van der Waals surface area (Å²) in [4.78, 5) is 31.2. The van der Waals surface area contributed by atoms with Crippen molar-refractivity contribution < 1.29 is 14.3 Å². The average Bonchev–Trinajstić information content (AvgIpc) is 3.43. The smallest absolute Gasteiger partial charge is 0.274 e. The first kappa shape index (κ1) is 20.4. The van der Waals surface area contributed by atoms with Crippen LogP contribution in [0.15, 0.2) is 42.9 Å². The van der Waals surface area contributed by atoms with Gasteiger partial charge in [0.1, 0.15) is 17.0 Å². The van der Waals surface area contributed by atoms with Gasteiger partial charge in [0.2, 0.25) is 0 Å². The maximum Gasteiger partial charge on any atom is 0.274 e. The van der Waals surface area contributed by atoms with Crippen LogP contribution in [0.2, 0.25) is 0 Å². The molecule has 1 atom stereocenters. The average molecular weight is 435 g/mol. The molecule has 2 aliphatic rings. The van der Waals surface area contributed by atoms with Gasteiger partial charge in [-0.25, -0.2) is 9.67 Å². The summed E-state index contributed by atoms with van der Waals surface area (Å²) in [5.74, 6) is -0.238. The molecule has 1 fully saturated rings. The van der Waals surface area contributed by atoms with Crippen molar-refractivity contribution in [1.29, 1.82) is 0 Å². The van der Waals surface area contributed by atoms with E-state index in [4.69, 9.17) is 4.74 Å². The molecule has 4 heterocycles. The van der Waals surface area contributed by atoms with E-state index >= 15 is 0 Å². The lowest BCUT2D eigenvalue weighted by Gasteiger charge is -2.44. The Morgan fingerprint density at radius 3 is 2.84 bits per heavy atom. The number of nitrogens with one attached hydrogen (secondary N) is 1. The Balaban J connectivity index is 1.25. The van der Waals surface area contributed by atoms with Crippen LogP contribution in [0.1, 0.15) is 45.1 Å². The fraction of sp³-hybridized carbons (Fsp3) is 0.409. The van der Waals surface area contributed by atoms with Crippen LogP contribution in [0.5, 0.6) is 0 Å². The van der Waals surface area contributed by atoms with E-state index < -0.39 is 5.60 Å². The monoisotopic (exact) mass is 435 g/mol. The minimum absolute atomic E-state index is 0.0815. The second-order valence-corrected chi connectivity index (χ2v) is 8.42. The predicted octanol–water partition coefficient (Wildman–Crippen LogP) is 1.15. The summed E-state index contributed by atoms with van der Waals surface area (Å²) in [6, 6.07) is 9.06. The number of amides is 2. The van der Waals surface area contributed by atoms with E-state index in [0.29, 0.717) is 43.2 Å². The molecule has 1 unspecified atom stereocenters. The highest BCUT2D eigenvalue weighted by molar-refractivity contribution is 5.94. The van der Waals surface area contributed by atoms with Gasteiger partial charge in [0.05, 0.1) is 38.3 Å². The largest absolute Gasteiger partial charge is 0.365 e. The standard InChI is InChI=1S/C22H25N7O3/c1-27-11-18(24-15-27)21(31)28-9-5-8-22(13-28)14-29-19(12-32-22)17(25-26-29)10-23-20(30)16-6-3-2-4-7-16/h2-4,6-7,11,15H,5,8-10,12-14H2,1H3,(H,23,30). The summed E-state index contributed by atoms with van der Waals surface area (Å²) in [5.41, 5.74) is 2.11. The summed E-state index contributed by atoms with van der Waals surface area (Å²) in [7, 11) is 1.85. The highest BCUT2D eigenvalue weighted by atomic mass is 16.5. The number of carbonyl (C=O) groups is 2. The molecule has 1 aromatic carbocycles. The van der Waals surface area contributed by atoms with E-state index in [0.717, 1.165) is 18.5 Å². The minimum Gasteiger partial charge on any atom is -0.365 e. The third-order valence-electron chi connectivity index (χ3n) is 6.07. The summed E-state index contributed by atoms with van der Waals surface area (Å²) >= 11 is 0. The predicted molar refractivity (Wildman–Crippen MR) is 113 cm³/mol. The van der Waals surface area contributed by atoms with Crippen LogP contribution in [0.4, 0.5) is 0 Å². The molecule has 10 nitrogen and oxygen atoms in total. The van der Waals surface area contributed by atoms with Crippen molar-refractivity contribution in [3.63, 3.8) is 0 Å². The number of hydrogen-bond acceptors (Lipinski definition) is 6. The topological polar surface area (TPSA) is 107 Å². The Morgan fingerprint density at radius 1 is 1.22 bits per heavy atom. The number of likely N-dealkylation sites (tertiary alicyclic amines) is 1. The van der Waals surface area contributed by atoms with Crippen LogP contribution in [-0.2, 0) is 31.5 Å². The van der Waals surface area contributed by atoms with Gasteiger partial charge in [-0.05, 0) is 25.0 Å². The number of carbonyl (C=O) groups excluding carboxylic acids is 2. The Bertz CT molecular complexity index is 1140. The maximum atomic E-state index is 12.9. The number of imidazole rings is 1. The summed E-state index contributed by atoms with van der Waals surface area (Å²) in [6.07, 6.45) is 5.06. The van der Waals surface area contributed by atoms with Crippen molar-refractivity contribution in [3.05, 3.63) is 65.5 Å². The number of piperidine rings is 1. The van der Waals surface area contributed by atoms with Gasteiger partial charge in [0.25, 0.3) is 11.8 Å². The number of hydrogen-bond donors (Lipinski definition) is 1. The molecule has 3 aromatic rings. The molecule has 1 spiro atoms. The van der Waals surface area contributed by atoms with Crippen molar-refractivity contribution in [1.82, 2.24) is 34.8 Å². The summed E-state index contributed by atoms with van der Waals surface area (Å²) in [5, 5.41) is 11.5. The lowest BCUT2D eigenvalue weighted by molar-refractivity contribution is -0.122. The van der Waals surface area contributed by atoms with Crippen molar-refractivity contribution >= 4 is 11.8 Å². The Hall–Kier alpha value is -3.53. The van der Waals surface area contributed by atoms with Crippen molar-refractivity contribution in [2.75, 3.05) is 13.1 Å². The van der Waals surface area contributed by atoms with Crippen molar-refractivity contribution in [2.24, 2.45) is 7.05 Å². The Labute approximate surface area is 185 Å². The number of aromatic nitrogens is 5. The zero-order chi connectivity index (χ0) is 22.1. The van der Waals surface area contributed by atoms with Gasteiger partial charge in [0.15, 0.2) is 0 Å². The molecular weight excluding hydrogens is 410 g/mol. The summed E-state index contributed by atoms with van der Waals surface area (Å²) in [6.45, 7) is 2.32. The molecule has 2 aliphatic heterocycles. The zero-order valence-corrected chi connectivity index (χ0v) is 17.9. The molecule has 5 rings (SSSR count). The lowest BCUT2D eigenvalue weighted by Crippen LogP contribution is -2.55. The van der Waals surface area contributed by atoms with Crippen LogP contribution in [0.3, 0.4) is 0 Å². The Morgan fingerprint density at radius 2 is 2.06 bits per heavy atom. The third kappa shape index (κ3) is 3.89. The van der Waals surface area contributed by atoms with Crippen LogP contribution in [0.25, 0.3) is 0 Å². The molecule has 0 aliphatic carbocycles. The van der Waals surface area contributed by atoms with E-state index in [1.54, 1.807) is 29.2 Å². The van der Waals surface area contributed by atoms with E-state index in [-0.39, 0.29) is 18.4 Å². The number of benzene rings is 1. The fourth-order valence-corrected chi connectivity index (χ4v) is 4.39. The van der Waals surface area contributed by atoms with Gasteiger partial charge in [-0.1, -0.05) is 23.4 Å². The molecule has 0 radical (unpaired) electrons. The van der Waals surface area contributed by atoms with E-state index in [1.807, 2.05) is 34.8 Å². The van der Waals surface area contributed by atoms with Gasteiger partial charge in [-0.2, -0.15) is 0 Å². The van der Waals surface area contributed by atoms with Gasteiger partial charge in [-0.3, -0.25) is 9.59 Å². The first-order chi connectivity index (χ1) is 15.5. The molecular formula is C22H25N7O3. The molecule has 2 amide bonds. The second-order valence-electron chi connectivity index (χ2n) is 8.42. The number of fused-ring (bicyclic) bond motifs is 1. The number of nitrogens with zero attached hydrogens (tertiary/aromatic N) is 6. The van der Waals surface area contributed by atoms with Gasteiger partial charge in [-0.15, -0.1) is 5.10 Å². The molecule has 1 saturated heterocycles. The fourth-order valence-electron chi connectivity index (χ4n) is 4.39. The highest BCUT2D eigenvalue weighted by Crippen LogP contribution is 2.32. The molecule has 166 valence electrons. The Kier molecular flexibility index (Phi) is 5.22. The number of ether oxygens (including phenoxy) is 1. The van der Waals surface area contributed by atoms with Gasteiger partial charge < -0.3 is 19.5 Å². The molecule has 2 aromatic heterocycles. The molecule has 0 bridgehead atoms. The van der Waals surface area contributed by atoms with Crippen LogP contribution < -0.4 is 5.32 Å². The van der Waals surface area contributed by atoms with Crippen molar-refractivity contribution in [3.8, 4) is 0 Å². The minimum atomic E-state index is -0.492. The number of aryl methyl sites for hydroxylation is 1. The first-order valence-electron chi connectivity index (χ1n) is 10.7. The van der Waals surface area contributed by atoms with Crippen LogP contribution >= 0.6 is 0 Å². The second kappa shape index (κ2) is 8.19. The normalized spacial score (nSPS) is 20.2.